The standard InChI is InChI=1S/C11H8IN3O/c1-14-10-8(6-13-14)7-4-2-3-5-9(7)15(10)11(12)16/h2-6H,1H3. The van der Waals surface area contributed by atoms with Crippen LogP contribution in [0.1, 0.15) is 0 Å². The molecule has 3 aromatic rings. The Morgan fingerprint density at radius 1 is 1.31 bits per heavy atom. The molecule has 2 aromatic heterocycles. The van der Waals surface area contributed by atoms with Gasteiger partial charge in [0.2, 0.25) is 0 Å². The minimum Gasteiger partial charge on any atom is -0.262 e. The Morgan fingerprint density at radius 2 is 2.06 bits per heavy atom. The van der Waals surface area contributed by atoms with Crippen molar-refractivity contribution in [1.82, 2.24) is 14.3 Å². The minimum atomic E-state index is -0.0209. The zero-order valence-corrected chi connectivity index (χ0v) is 10.7. The Morgan fingerprint density at radius 3 is 2.81 bits per heavy atom. The van der Waals surface area contributed by atoms with Crippen molar-refractivity contribution < 1.29 is 4.79 Å². The fourth-order valence-corrected chi connectivity index (χ4v) is 2.56. The summed E-state index contributed by atoms with van der Waals surface area (Å²) in [6, 6.07) is 7.86. The van der Waals surface area contributed by atoms with Gasteiger partial charge in [0.1, 0.15) is 5.65 Å². The van der Waals surface area contributed by atoms with Crippen LogP contribution in [0.25, 0.3) is 21.9 Å². The number of benzene rings is 1. The zero-order chi connectivity index (χ0) is 11.3. The molecule has 2 heterocycles. The first-order chi connectivity index (χ1) is 7.70. The van der Waals surface area contributed by atoms with Crippen LogP contribution in [0.15, 0.2) is 30.5 Å². The molecule has 0 bridgehead atoms. The van der Waals surface area contributed by atoms with Crippen molar-refractivity contribution in [2.24, 2.45) is 7.05 Å². The molecule has 0 spiro atoms. The van der Waals surface area contributed by atoms with E-state index in [0.29, 0.717) is 0 Å². The molecule has 3 rings (SSSR count). The lowest BCUT2D eigenvalue weighted by molar-refractivity contribution is 0.265. The molecule has 16 heavy (non-hydrogen) atoms. The van der Waals surface area contributed by atoms with Crippen molar-refractivity contribution in [3.8, 4) is 0 Å². The van der Waals surface area contributed by atoms with Crippen molar-refractivity contribution in [2.75, 3.05) is 0 Å². The summed E-state index contributed by atoms with van der Waals surface area (Å²) in [4.78, 5) is 11.7. The molecule has 0 saturated carbocycles. The van der Waals surface area contributed by atoms with E-state index in [2.05, 4.69) is 5.10 Å². The SMILES string of the molecule is Cn1ncc2c3ccccc3n(C(=O)I)c21. The summed E-state index contributed by atoms with van der Waals surface area (Å²) in [5.41, 5.74) is 1.78. The van der Waals surface area contributed by atoms with E-state index in [4.69, 9.17) is 0 Å². The topological polar surface area (TPSA) is 39.8 Å². The van der Waals surface area contributed by atoms with Crippen LogP contribution >= 0.6 is 22.6 Å². The van der Waals surface area contributed by atoms with Crippen LogP contribution in [0.3, 0.4) is 0 Å². The molecular weight excluding hydrogens is 317 g/mol. The quantitative estimate of drug-likeness (QED) is 0.471. The first kappa shape index (κ1) is 9.83. The Balaban J connectivity index is 2.66. The Labute approximate surface area is 105 Å². The fourth-order valence-electron chi connectivity index (χ4n) is 2.07. The van der Waals surface area contributed by atoms with E-state index in [1.54, 1.807) is 38.0 Å². The number of carbonyl (C=O) groups is 1. The van der Waals surface area contributed by atoms with E-state index < -0.39 is 0 Å². The molecule has 0 saturated heterocycles. The number of carbonyl (C=O) groups excluding carboxylic acids is 1. The second-order valence-corrected chi connectivity index (χ2v) is 4.53. The van der Waals surface area contributed by atoms with Gasteiger partial charge in [0, 0.05) is 40.4 Å². The first-order valence-electron chi connectivity index (χ1n) is 4.81. The van der Waals surface area contributed by atoms with Crippen LogP contribution in [0.5, 0.6) is 0 Å². The van der Waals surface area contributed by atoms with Gasteiger partial charge in [-0.25, -0.2) is 0 Å². The average Bonchev–Trinajstić information content (AvgIpc) is 2.77. The number of hydrogen-bond donors (Lipinski definition) is 0. The summed E-state index contributed by atoms with van der Waals surface area (Å²) >= 11 is 1.80. The van der Waals surface area contributed by atoms with Gasteiger partial charge < -0.3 is 0 Å². The van der Waals surface area contributed by atoms with Gasteiger partial charge in [-0.1, -0.05) is 18.2 Å². The summed E-state index contributed by atoms with van der Waals surface area (Å²) in [5, 5.41) is 6.27. The molecule has 1 aromatic carbocycles. The summed E-state index contributed by atoms with van der Waals surface area (Å²) in [7, 11) is 1.84. The van der Waals surface area contributed by atoms with Crippen LogP contribution < -0.4 is 0 Å². The van der Waals surface area contributed by atoms with Crippen molar-refractivity contribution in [3.63, 3.8) is 0 Å². The van der Waals surface area contributed by atoms with Crippen molar-refractivity contribution in [1.29, 1.82) is 0 Å². The molecule has 0 amide bonds. The Hall–Kier alpha value is -1.37. The normalized spacial score (nSPS) is 11.4. The maximum atomic E-state index is 11.7. The van der Waals surface area contributed by atoms with Gasteiger partial charge in [-0.15, -0.1) is 0 Å². The van der Waals surface area contributed by atoms with Crippen LogP contribution in [0.4, 0.5) is 4.79 Å². The summed E-state index contributed by atoms with van der Waals surface area (Å²) in [6.07, 6.45) is 1.80. The van der Waals surface area contributed by atoms with E-state index in [-0.39, 0.29) is 3.91 Å². The monoisotopic (exact) mass is 325 g/mol. The third kappa shape index (κ3) is 1.14. The highest BCUT2D eigenvalue weighted by atomic mass is 127. The molecule has 0 unspecified atom stereocenters. The number of aromatic nitrogens is 3. The number of rotatable bonds is 0. The smallest absolute Gasteiger partial charge is 0.262 e. The molecule has 0 aliphatic rings. The zero-order valence-electron chi connectivity index (χ0n) is 8.51. The van der Waals surface area contributed by atoms with Crippen LogP contribution in [0, 0.1) is 0 Å². The highest BCUT2D eigenvalue weighted by Crippen LogP contribution is 2.28. The molecule has 0 fully saturated rings. The first-order valence-corrected chi connectivity index (χ1v) is 5.89. The maximum absolute atomic E-state index is 11.7. The minimum absolute atomic E-state index is 0.0209. The van der Waals surface area contributed by atoms with Gasteiger partial charge in [0.05, 0.1) is 11.7 Å². The van der Waals surface area contributed by atoms with E-state index >= 15 is 0 Å². The van der Waals surface area contributed by atoms with Crippen LogP contribution in [-0.4, -0.2) is 18.3 Å². The van der Waals surface area contributed by atoms with E-state index in [1.165, 1.54) is 0 Å². The van der Waals surface area contributed by atoms with E-state index in [1.807, 2.05) is 31.3 Å². The highest BCUT2D eigenvalue weighted by Gasteiger charge is 2.16. The molecule has 4 nitrogen and oxygen atoms in total. The fraction of sp³-hybridized carbons (Fsp3) is 0.0909. The predicted octanol–water partition coefficient (Wildman–Crippen LogP) is 2.93. The molecule has 80 valence electrons. The van der Waals surface area contributed by atoms with Crippen molar-refractivity contribution in [2.45, 2.75) is 0 Å². The summed E-state index contributed by atoms with van der Waals surface area (Å²) in [6.45, 7) is 0. The lowest BCUT2D eigenvalue weighted by atomic mass is 10.2. The number of fused-ring (bicyclic) bond motifs is 3. The summed E-state index contributed by atoms with van der Waals surface area (Å²) in [5.74, 6) is 0. The molecular formula is C11H8IN3O. The van der Waals surface area contributed by atoms with Gasteiger partial charge in [-0.3, -0.25) is 14.0 Å². The second-order valence-electron chi connectivity index (χ2n) is 3.61. The molecule has 0 aliphatic heterocycles. The predicted molar refractivity (Wildman–Crippen MR) is 71.0 cm³/mol. The number of halogens is 1. The van der Waals surface area contributed by atoms with Crippen molar-refractivity contribution in [3.05, 3.63) is 30.5 Å². The number of hydrogen-bond acceptors (Lipinski definition) is 2. The van der Waals surface area contributed by atoms with E-state index in [0.717, 1.165) is 21.9 Å². The Bertz CT molecular complexity index is 710. The Kier molecular flexibility index (Phi) is 2.03. The van der Waals surface area contributed by atoms with Gasteiger partial charge in [-0.05, 0) is 6.07 Å². The molecule has 5 heteroatoms. The number of para-hydroxylation sites is 1. The molecule has 0 atom stereocenters. The van der Waals surface area contributed by atoms with Gasteiger partial charge in [0.15, 0.2) is 0 Å². The third-order valence-electron chi connectivity index (χ3n) is 2.73. The summed E-state index contributed by atoms with van der Waals surface area (Å²) < 4.78 is 3.40. The molecule has 0 radical (unpaired) electrons. The average molecular weight is 325 g/mol. The molecule has 0 aliphatic carbocycles. The maximum Gasteiger partial charge on any atom is 0.293 e. The second kappa shape index (κ2) is 3.31. The number of aryl methyl sites for hydroxylation is 1. The lowest BCUT2D eigenvalue weighted by Crippen LogP contribution is -2.04. The number of nitrogens with zero attached hydrogens (tertiary/aromatic N) is 3. The van der Waals surface area contributed by atoms with Gasteiger partial charge in [-0.2, -0.15) is 5.10 Å². The van der Waals surface area contributed by atoms with Gasteiger partial charge in [0.25, 0.3) is 3.91 Å². The highest BCUT2D eigenvalue weighted by molar-refractivity contribution is 14.1. The van der Waals surface area contributed by atoms with Crippen LogP contribution in [0.2, 0.25) is 0 Å². The third-order valence-corrected chi connectivity index (χ3v) is 3.21. The largest absolute Gasteiger partial charge is 0.293 e. The van der Waals surface area contributed by atoms with Crippen molar-refractivity contribution >= 4 is 48.4 Å². The van der Waals surface area contributed by atoms with Crippen LogP contribution in [-0.2, 0) is 7.05 Å². The molecule has 0 N–H and O–H groups in total. The van der Waals surface area contributed by atoms with E-state index in [9.17, 15) is 4.79 Å². The lowest BCUT2D eigenvalue weighted by Gasteiger charge is -2.00. The van der Waals surface area contributed by atoms with Gasteiger partial charge >= 0.3 is 0 Å².